The normalized spacial score (nSPS) is 12.2. The van der Waals surface area contributed by atoms with E-state index in [1.807, 2.05) is 0 Å². The molecule has 0 spiro atoms. The van der Waals surface area contributed by atoms with E-state index in [1.165, 1.54) is 20.9 Å². The zero-order valence-corrected chi connectivity index (χ0v) is 15.2. The molecule has 1 aromatic carbocycles. The molecule has 22 heavy (non-hydrogen) atoms. The van der Waals surface area contributed by atoms with Crippen molar-refractivity contribution in [2.45, 2.75) is 19.9 Å². The highest BCUT2D eigenvalue weighted by Crippen LogP contribution is 2.17. The Morgan fingerprint density at radius 1 is 1.27 bits per heavy atom. The van der Waals surface area contributed by atoms with Crippen molar-refractivity contribution in [3.05, 3.63) is 51.7 Å². The summed E-state index contributed by atoms with van der Waals surface area (Å²) in [5.74, 6) is 0. The number of thiocarbonyl (C=S) groups is 1. The van der Waals surface area contributed by atoms with Gasteiger partial charge in [-0.25, -0.2) is 0 Å². The predicted octanol–water partition coefficient (Wildman–Crippen LogP) is 2.54. The lowest BCUT2D eigenvalue weighted by Gasteiger charge is -2.22. The Morgan fingerprint density at radius 2 is 2.05 bits per heavy atom. The third kappa shape index (κ3) is 4.53. The van der Waals surface area contributed by atoms with Crippen LogP contribution in [0.5, 0.6) is 0 Å². The number of rotatable bonds is 5. The Bertz CT molecular complexity index is 621. The maximum Gasteiger partial charge on any atom is 0.171 e. The number of hydrogen-bond acceptors (Lipinski definition) is 2. The highest BCUT2D eigenvalue weighted by atomic mass is 32.1. The monoisotopic (exact) mass is 334 g/mol. The number of benzene rings is 1. The predicted molar refractivity (Wildman–Crippen MR) is 100 cm³/mol. The van der Waals surface area contributed by atoms with E-state index in [9.17, 15) is 0 Å². The van der Waals surface area contributed by atoms with Gasteiger partial charge >= 0.3 is 0 Å². The summed E-state index contributed by atoms with van der Waals surface area (Å²) in [6.07, 6.45) is 0. The van der Waals surface area contributed by atoms with Crippen LogP contribution >= 0.6 is 23.6 Å². The Morgan fingerprint density at radius 3 is 2.64 bits per heavy atom. The van der Waals surface area contributed by atoms with Crippen molar-refractivity contribution in [2.75, 3.05) is 26.0 Å². The molecule has 0 amide bonds. The molecule has 0 saturated heterocycles. The first-order valence-corrected chi connectivity index (χ1v) is 8.71. The van der Waals surface area contributed by atoms with E-state index in [2.05, 4.69) is 74.3 Å². The average Bonchev–Trinajstić information content (AvgIpc) is 2.96. The first-order chi connectivity index (χ1) is 10.5. The number of quaternary nitrogens is 1. The van der Waals surface area contributed by atoms with Gasteiger partial charge in [0.25, 0.3) is 0 Å². The first kappa shape index (κ1) is 16.9. The molecular formula is C17H24N3S2+. The van der Waals surface area contributed by atoms with Crippen LogP contribution in [-0.4, -0.2) is 25.8 Å². The zero-order chi connectivity index (χ0) is 16.1. The van der Waals surface area contributed by atoms with Gasteiger partial charge in [-0.1, -0.05) is 23.8 Å². The van der Waals surface area contributed by atoms with Crippen LogP contribution in [0, 0.1) is 13.8 Å². The number of thiophene rings is 1. The SMILES string of the molecule is Cc1ccc(NC(=S)NC[C@@H](c2cccs2)[NH+](C)C)c(C)c1. The Labute approximate surface area is 142 Å². The lowest BCUT2D eigenvalue weighted by atomic mass is 10.1. The van der Waals surface area contributed by atoms with Gasteiger partial charge in [-0.2, -0.15) is 0 Å². The third-order valence-corrected chi connectivity index (χ3v) is 4.91. The molecule has 1 aromatic heterocycles. The van der Waals surface area contributed by atoms with Gasteiger partial charge in [0.15, 0.2) is 5.11 Å². The summed E-state index contributed by atoms with van der Waals surface area (Å²) in [7, 11) is 4.35. The van der Waals surface area contributed by atoms with Gasteiger partial charge < -0.3 is 15.5 Å². The lowest BCUT2D eigenvalue weighted by Crippen LogP contribution is -3.06. The summed E-state index contributed by atoms with van der Waals surface area (Å²) >= 11 is 7.23. The molecule has 0 unspecified atom stereocenters. The standard InChI is InChI=1S/C17H23N3S2/c1-12-7-8-14(13(2)10-12)19-17(21)18-11-15(20(3)4)16-6-5-9-22-16/h5-10,15H,11H2,1-4H3,(H2,18,19,21)/p+1/t15-/m0/s1. The maximum absolute atomic E-state index is 5.43. The van der Waals surface area contributed by atoms with E-state index in [4.69, 9.17) is 12.2 Å². The molecular weight excluding hydrogens is 310 g/mol. The molecule has 1 heterocycles. The average molecular weight is 335 g/mol. The van der Waals surface area contributed by atoms with E-state index in [0.29, 0.717) is 11.2 Å². The van der Waals surface area contributed by atoms with Crippen LogP contribution in [0.25, 0.3) is 0 Å². The second-order valence-corrected chi connectivity index (χ2v) is 7.19. The summed E-state index contributed by atoms with van der Waals surface area (Å²) in [6, 6.07) is 11.0. The van der Waals surface area contributed by atoms with Crippen LogP contribution in [-0.2, 0) is 0 Å². The van der Waals surface area contributed by atoms with Gasteiger partial charge in [0.1, 0.15) is 6.04 Å². The second-order valence-electron chi connectivity index (χ2n) is 5.80. The molecule has 3 nitrogen and oxygen atoms in total. The van der Waals surface area contributed by atoms with E-state index >= 15 is 0 Å². The quantitative estimate of drug-likeness (QED) is 0.734. The number of likely N-dealkylation sites (N-methyl/N-ethyl adjacent to an activating group) is 1. The Balaban J connectivity index is 1.94. The molecule has 0 radical (unpaired) electrons. The second kappa shape index (κ2) is 7.72. The number of nitrogens with one attached hydrogen (secondary N) is 3. The molecule has 0 fully saturated rings. The minimum atomic E-state index is 0.402. The van der Waals surface area contributed by atoms with Crippen molar-refractivity contribution in [2.24, 2.45) is 0 Å². The molecule has 1 atom stereocenters. The van der Waals surface area contributed by atoms with E-state index in [1.54, 1.807) is 11.3 Å². The van der Waals surface area contributed by atoms with E-state index in [-0.39, 0.29) is 0 Å². The van der Waals surface area contributed by atoms with Gasteiger partial charge in [0.05, 0.1) is 25.5 Å². The van der Waals surface area contributed by atoms with Crippen LogP contribution in [0.1, 0.15) is 22.0 Å². The molecule has 3 N–H and O–H groups in total. The molecule has 0 bridgehead atoms. The van der Waals surface area contributed by atoms with Crippen molar-refractivity contribution in [3.63, 3.8) is 0 Å². The summed E-state index contributed by atoms with van der Waals surface area (Å²) in [4.78, 5) is 2.77. The molecule has 5 heteroatoms. The van der Waals surface area contributed by atoms with E-state index < -0.39 is 0 Å². The molecule has 2 aromatic rings. The largest absolute Gasteiger partial charge is 0.356 e. The van der Waals surface area contributed by atoms with Crippen molar-refractivity contribution in [3.8, 4) is 0 Å². The maximum atomic E-state index is 5.43. The first-order valence-electron chi connectivity index (χ1n) is 7.43. The third-order valence-electron chi connectivity index (χ3n) is 3.68. The molecule has 118 valence electrons. The van der Waals surface area contributed by atoms with Gasteiger partial charge in [0.2, 0.25) is 0 Å². The molecule has 0 aliphatic rings. The molecule has 0 saturated carbocycles. The highest BCUT2D eigenvalue weighted by molar-refractivity contribution is 7.80. The van der Waals surface area contributed by atoms with Gasteiger partial charge in [-0.15, -0.1) is 11.3 Å². The minimum absolute atomic E-state index is 0.402. The fourth-order valence-corrected chi connectivity index (χ4v) is 3.54. The summed E-state index contributed by atoms with van der Waals surface area (Å²) < 4.78 is 0. The number of anilines is 1. The Kier molecular flexibility index (Phi) is 5.94. The van der Waals surface area contributed by atoms with Crippen molar-refractivity contribution in [1.82, 2.24) is 5.32 Å². The smallest absolute Gasteiger partial charge is 0.171 e. The molecule has 0 aliphatic carbocycles. The van der Waals surface area contributed by atoms with Gasteiger partial charge in [0, 0.05) is 5.69 Å². The van der Waals surface area contributed by atoms with Crippen LogP contribution in [0.15, 0.2) is 35.7 Å². The highest BCUT2D eigenvalue weighted by Gasteiger charge is 2.18. The minimum Gasteiger partial charge on any atom is -0.356 e. The number of aryl methyl sites for hydroxylation is 2. The van der Waals surface area contributed by atoms with Crippen LogP contribution in [0.4, 0.5) is 5.69 Å². The van der Waals surface area contributed by atoms with Gasteiger partial charge in [-0.05, 0) is 49.1 Å². The van der Waals surface area contributed by atoms with Crippen LogP contribution in [0.3, 0.4) is 0 Å². The summed E-state index contributed by atoms with van der Waals surface area (Å²) in [5.41, 5.74) is 3.53. The molecule has 2 rings (SSSR count). The van der Waals surface area contributed by atoms with E-state index in [0.717, 1.165) is 12.2 Å². The van der Waals surface area contributed by atoms with Crippen molar-refractivity contribution >= 4 is 34.4 Å². The van der Waals surface area contributed by atoms with Crippen molar-refractivity contribution in [1.29, 1.82) is 0 Å². The van der Waals surface area contributed by atoms with Crippen molar-refractivity contribution < 1.29 is 4.90 Å². The number of hydrogen-bond donors (Lipinski definition) is 3. The zero-order valence-electron chi connectivity index (χ0n) is 13.6. The van der Waals surface area contributed by atoms with Gasteiger partial charge in [-0.3, -0.25) is 0 Å². The fourth-order valence-electron chi connectivity index (χ4n) is 2.39. The fraction of sp³-hybridized carbons (Fsp3) is 0.353. The topological polar surface area (TPSA) is 28.5 Å². The lowest BCUT2D eigenvalue weighted by molar-refractivity contribution is -0.890. The summed E-state index contributed by atoms with van der Waals surface area (Å²) in [5, 5.41) is 9.44. The Hall–Kier alpha value is -1.43. The molecule has 0 aliphatic heterocycles. The summed E-state index contributed by atoms with van der Waals surface area (Å²) in [6.45, 7) is 5.01. The van der Waals surface area contributed by atoms with Crippen LogP contribution in [0.2, 0.25) is 0 Å². The van der Waals surface area contributed by atoms with Crippen LogP contribution < -0.4 is 15.5 Å².